The van der Waals surface area contributed by atoms with Crippen LogP contribution in [0.4, 0.5) is 11.5 Å². The van der Waals surface area contributed by atoms with Crippen LogP contribution in [0, 0.1) is 0 Å². The van der Waals surface area contributed by atoms with Crippen molar-refractivity contribution < 1.29 is 14.4 Å². The molecular formula is C19H21N5O3. The van der Waals surface area contributed by atoms with Crippen LogP contribution in [-0.2, 0) is 4.79 Å². The molecule has 8 nitrogen and oxygen atoms in total. The molecule has 3 rings (SSSR count). The van der Waals surface area contributed by atoms with E-state index in [-0.39, 0.29) is 23.3 Å². The second-order valence-corrected chi connectivity index (χ2v) is 6.35. The van der Waals surface area contributed by atoms with Gasteiger partial charge in [-0.2, -0.15) is 0 Å². The molecule has 1 saturated heterocycles. The van der Waals surface area contributed by atoms with Gasteiger partial charge in [0, 0.05) is 44.4 Å². The number of hydrogen-bond donors (Lipinski definition) is 1. The van der Waals surface area contributed by atoms with Crippen LogP contribution in [-0.4, -0.2) is 63.5 Å². The fourth-order valence-electron chi connectivity index (χ4n) is 2.85. The molecule has 1 aliphatic rings. The van der Waals surface area contributed by atoms with E-state index in [2.05, 4.69) is 15.3 Å². The lowest BCUT2D eigenvalue weighted by Crippen LogP contribution is -2.50. The van der Waals surface area contributed by atoms with Crippen molar-refractivity contribution in [3.63, 3.8) is 0 Å². The highest BCUT2D eigenvalue weighted by Crippen LogP contribution is 2.16. The van der Waals surface area contributed by atoms with Crippen molar-refractivity contribution in [3.05, 3.63) is 47.9 Å². The molecule has 0 aliphatic carbocycles. The number of hydrogen-bond acceptors (Lipinski definition) is 6. The molecule has 8 heteroatoms. The van der Waals surface area contributed by atoms with Crippen LogP contribution in [0.25, 0.3) is 0 Å². The molecule has 1 N–H and O–H groups in total. The van der Waals surface area contributed by atoms with E-state index < -0.39 is 0 Å². The van der Waals surface area contributed by atoms with E-state index in [1.54, 1.807) is 28.0 Å². The van der Waals surface area contributed by atoms with Gasteiger partial charge in [-0.1, -0.05) is 12.1 Å². The smallest absolute Gasteiger partial charge is 0.274 e. The van der Waals surface area contributed by atoms with Gasteiger partial charge in [0.1, 0.15) is 11.5 Å². The largest absolute Gasteiger partial charge is 0.339 e. The Hall–Kier alpha value is -3.29. The van der Waals surface area contributed by atoms with Gasteiger partial charge in [0.25, 0.3) is 5.91 Å². The maximum absolute atomic E-state index is 12.5. The number of carbonyl (C=O) groups is 3. The van der Waals surface area contributed by atoms with Gasteiger partial charge in [0.2, 0.25) is 5.91 Å². The molecule has 0 unspecified atom stereocenters. The Labute approximate surface area is 157 Å². The van der Waals surface area contributed by atoms with Gasteiger partial charge in [-0.25, -0.2) is 9.97 Å². The van der Waals surface area contributed by atoms with Crippen LogP contribution in [0.15, 0.2) is 36.7 Å². The molecule has 0 bridgehead atoms. The minimum absolute atomic E-state index is 0.0180. The number of ketones is 1. The number of aromatic nitrogens is 2. The topological polar surface area (TPSA) is 95.5 Å². The zero-order valence-corrected chi connectivity index (χ0v) is 15.3. The molecule has 1 aliphatic heterocycles. The standard InChI is InChI=1S/C19H21N5O3/c1-13(25)15-4-3-5-16(10-15)22-18-12-20-17(11-21-18)19(27)24-8-6-23(7-9-24)14(2)26/h3-5,10-12H,6-9H2,1-2H3,(H,21,22). The molecule has 140 valence electrons. The van der Waals surface area contributed by atoms with E-state index in [0.29, 0.717) is 37.6 Å². The molecule has 0 spiro atoms. The number of anilines is 2. The van der Waals surface area contributed by atoms with E-state index >= 15 is 0 Å². The molecular weight excluding hydrogens is 346 g/mol. The molecule has 2 aromatic rings. The summed E-state index contributed by atoms with van der Waals surface area (Å²) < 4.78 is 0. The average Bonchev–Trinajstić information content (AvgIpc) is 2.68. The first-order valence-electron chi connectivity index (χ1n) is 8.69. The summed E-state index contributed by atoms with van der Waals surface area (Å²) in [5.74, 6) is 0.284. The molecule has 1 fully saturated rings. The van der Waals surface area contributed by atoms with E-state index in [0.717, 1.165) is 5.69 Å². The summed E-state index contributed by atoms with van der Waals surface area (Å²) in [7, 11) is 0. The normalized spacial score (nSPS) is 14.0. The van der Waals surface area contributed by atoms with Gasteiger partial charge in [-0.15, -0.1) is 0 Å². The van der Waals surface area contributed by atoms with Crippen molar-refractivity contribution >= 4 is 29.1 Å². The van der Waals surface area contributed by atoms with Crippen molar-refractivity contribution in [2.75, 3.05) is 31.5 Å². The first kappa shape index (κ1) is 18.5. The molecule has 27 heavy (non-hydrogen) atoms. The van der Waals surface area contributed by atoms with E-state index in [1.165, 1.54) is 26.2 Å². The Morgan fingerprint density at radius 2 is 1.67 bits per heavy atom. The van der Waals surface area contributed by atoms with Crippen LogP contribution >= 0.6 is 0 Å². The van der Waals surface area contributed by atoms with Gasteiger partial charge in [0.15, 0.2) is 5.78 Å². The third-order valence-corrected chi connectivity index (χ3v) is 4.42. The van der Waals surface area contributed by atoms with Crippen LogP contribution in [0.3, 0.4) is 0 Å². The number of Topliss-reactive ketones (excluding diaryl/α,β-unsaturated/α-hetero) is 1. The SMILES string of the molecule is CC(=O)c1cccc(Nc2cnc(C(=O)N3CCN(C(C)=O)CC3)cn2)c1. The lowest BCUT2D eigenvalue weighted by molar-refractivity contribution is -0.130. The highest BCUT2D eigenvalue weighted by atomic mass is 16.2. The highest BCUT2D eigenvalue weighted by molar-refractivity contribution is 5.95. The Morgan fingerprint density at radius 3 is 2.26 bits per heavy atom. The van der Waals surface area contributed by atoms with Crippen LogP contribution in [0.5, 0.6) is 0 Å². The van der Waals surface area contributed by atoms with E-state index in [1.807, 2.05) is 6.07 Å². The Balaban J connectivity index is 1.63. The Kier molecular flexibility index (Phi) is 5.44. The monoisotopic (exact) mass is 367 g/mol. The van der Waals surface area contributed by atoms with Gasteiger partial charge in [-0.05, 0) is 19.1 Å². The van der Waals surface area contributed by atoms with Crippen LogP contribution < -0.4 is 5.32 Å². The lowest BCUT2D eigenvalue weighted by Gasteiger charge is -2.33. The number of benzene rings is 1. The van der Waals surface area contributed by atoms with Gasteiger partial charge >= 0.3 is 0 Å². The lowest BCUT2D eigenvalue weighted by atomic mass is 10.1. The summed E-state index contributed by atoms with van der Waals surface area (Å²) in [6.07, 6.45) is 2.91. The first-order chi connectivity index (χ1) is 12.9. The maximum atomic E-state index is 12.5. The van der Waals surface area contributed by atoms with E-state index in [9.17, 15) is 14.4 Å². The summed E-state index contributed by atoms with van der Waals surface area (Å²) in [4.78, 5) is 47.2. The predicted molar refractivity (Wildman–Crippen MR) is 99.9 cm³/mol. The van der Waals surface area contributed by atoms with Crippen LogP contribution in [0.1, 0.15) is 34.7 Å². The number of nitrogens with zero attached hydrogens (tertiary/aromatic N) is 4. The van der Waals surface area contributed by atoms with Crippen molar-refractivity contribution in [2.24, 2.45) is 0 Å². The van der Waals surface area contributed by atoms with Gasteiger partial charge in [-0.3, -0.25) is 14.4 Å². The fourth-order valence-corrected chi connectivity index (χ4v) is 2.85. The second-order valence-electron chi connectivity index (χ2n) is 6.35. The van der Waals surface area contributed by atoms with E-state index in [4.69, 9.17) is 0 Å². The molecule has 1 aromatic carbocycles. The average molecular weight is 367 g/mol. The molecule has 1 aromatic heterocycles. The number of amides is 2. The number of rotatable bonds is 4. The summed E-state index contributed by atoms with van der Waals surface area (Å²) >= 11 is 0. The number of nitrogens with one attached hydrogen (secondary N) is 1. The van der Waals surface area contributed by atoms with Crippen molar-refractivity contribution in [1.29, 1.82) is 0 Å². The van der Waals surface area contributed by atoms with Gasteiger partial charge < -0.3 is 15.1 Å². The zero-order valence-electron chi connectivity index (χ0n) is 15.3. The quantitative estimate of drug-likeness (QED) is 0.827. The summed E-state index contributed by atoms with van der Waals surface area (Å²) in [6.45, 7) is 5.06. The van der Waals surface area contributed by atoms with Crippen molar-refractivity contribution in [1.82, 2.24) is 19.8 Å². The summed E-state index contributed by atoms with van der Waals surface area (Å²) in [5.41, 5.74) is 1.58. The molecule has 0 saturated carbocycles. The minimum atomic E-state index is -0.198. The van der Waals surface area contributed by atoms with Crippen LogP contribution in [0.2, 0.25) is 0 Å². The number of piperazine rings is 1. The maximum Gasteiger partial charge on any atom is 0.274 e. The summed E-state index contributed by atoms with van der Waals surface area (Å²) in [5, 5.41) is 3.07. The van der Waals surface area contributed by atoms with Crippen molar-refractivity contribution in [3.8, 4) is 0 Å². The molecule has 0 radical (unpaired) electrons. The highest BCUT2D eigenvalue weighted by Gasteiger charge is 2.24. The van der Waals surface area contributed by atoms with Crippen molar-refractivity contribution in [2.45, 2.75) is 13.8 Å². The molecule has 2 amide bonds. The Bertz CT molecular complexity index is 858. The van der Waals surface area contributed by atoms with Gasteiger partial charge in [0.05, 0.1) is 12.4 Å². The fraction of sp³-hybridized carbons (Fsp3) is 0.316. The summed E-state index contributed by atoms with van der Waals surface area (Å²) in [6, 6.07) is 7.08. The Morgan fingerprint density at radius 1 is 0.963 bits per heavy atom. The second kappa shape index (κ2) is 7.94. The zero-order chi connectivity index (χ0) is 19.4. The minimum Gasteiger partial charge on any atom is -0.339 e. The molecule has 2 heterocycles. The first-order valence-corrected chi connectivity index (χ1v) is 8.69. The third kappa shape index (κ3) is 4.46. The third-order valence-electron chi connectivity index (χ3n) is 4.42. The predicted octanol–water partition coefficient (Wildman–Crippen LogP) is 1.73. The number of carbonyl (C=O) groups excluding carboxylic acids is 3. The molecule has 0 atom stereocenters.